The van der Waals surface area contributed by atoms with Gasteiger partial charge in [0, 0.05) is 6.42 Å². The van der Waals surface area contributed by atoms with Crippen molar-refractivity contribution in [2.24, 2.45) is 5.92 Å². The van der Waals surface area contributed by atoms with Gasteiger partial charge >= 0.3 is 5.97 Å². The van der Waals surface area contributed by atoms with Crippen LogP contribution in [0.15, 0.2) is 0 Å². The van der Waals surface area contributed by atoms with Crippen molar-refractivity contribution < 1.29 is 9.53 Å². The van der Waals surface area contributed by atoms with Gasteiger partial charge in [-0.25, -0.2) is 0 Å². The van der Waals surface area contributed by atoms with Gasteiger partial charge in [-0.2, -0.15) is 0 Å². The predicted molar refractivity (Wildman–Crippen MR) is 207 cm³/mol. The zero-order valence-corrected chi connectivity index (χ0v) is 32.5. The smallest absolute Gasteiger partial charge is 0.305 e. The van der Waals surface area contributed by atoms with E-state index < -0.39 is 0 Å². The van der Waals surface area contributed by atoms with Crippen LogP contribution in [0.3, 0.4) is 0 Å². The summed E-state index contributed by atoms with van der Waals surface area (Å²) in [5.74, 6) is 1.03. The zero-order valence-electron chi connectivity index (χ0n) is 32.5. The van der Waals surface area contributed by atoms with Crippen LogP contribution in [0.1, 0.15) is 265 Å². The first-order chi connectivity index (χ1) is 22.7. The molecule has 2 heteroatoms. The molecule has 0 amide bonds. The van der Waals surface area contributed by atoms with Crippen molar-refractivity contribution in [3.63, 3.8) is 0 Å². The Morgan fingerprint density at radius 3 is 1.04 bits per heavy atom. The lowest BCUT2D eigenvalue weighted by Gasteiger charge is -2.13. The lowest BCUT2D eigenvalue weighted by Crippen LogP contribution is -2.05. The van der Waals surface area contributed by atoms with Gasteiger partial charge in [0.1, 0.15) is 0 Å². The van der Waals surface area contributed by atoms with E-state index in [1.54, 1.807) is 0 Å². The maximum atomic E-state index is 12.0. The molecule has 0 rings (SSSR count). The van der Waals surface area contributed by atoms with Gasteiger partial charge < -0.3 is 4.74 Å². The van der Waals surface area contributed by atoms with E-state index in [2.05, 4.69) is 20.8 Å². The number of esters is 1. The van der Waals surface area contributed by atoms with Gasteiger partial charge in [0.2, 0.25) is 0 Å². The third-order valence-corrected chi connectivity index (χ3v) is 10.5. The van der Waals surface area contributed by atoms with Crippen LogP contribution in [0.2, 0.25) is 0 Å². The fraction of sp³-hybridized carbons (Fsp3) is 0.977. The molecule has 276 valence electrons. The topological polar surface area (TPSA) is 26.3 Å². The molecule has 0 aromatic rings. The molecule has 0 saturated carbocycles. The number of hydrogen-bond donors (Lipinski definition) is 0. The molecule has 0 fully saturated rings. The van der Waals surface area contributed by atoms with Crippen molar-refractivity contribution in [3.8, 4) is 0 Å². The predicted octanol–water partition coefficient (Wildman–Crippen LogP) is 16.0. The minimum atomic E-state index is 0.0308. The van der Waals surface area contributed by atoms with Gasteiger partial charge in [-0.15, -0.1) is 0 Å². The summed E-state index contributed by atoms with van der Waals surface area (Å²) in [6.07, 6.45) is 51.9. The van der Waals surface area contributed by atoms with Crippen LogP contribution in [-0.2, 0) is 9.53 Å². The second-order valence-corrected chi connectivity index (χ2v) is 15.1. The molecule has 0 aromatic heterocycles. The average Bonchev–Trinajstić information content (AvgIpc) is 3.06. The van der Waals surface area contributed by atoms with Crippen molar-refractivity contribution in [1.82, 2.24) is 0 Å². The summed E-state index contributed by atoms with van der Waals surface area (Å²) in [6, 6.07) is 0. The molecule has 0 bridgehead atoms. The summed E-state index contributed by atoms with van der Waals surface area (Å²) in [5.41, 5.74) is 0. The lowest BCUT2D eigenvalue weighted by atomic mass is 9.93. The maximum Gasteiger partial charge on any atom is 0.305 e. The number of rotatable bonds is 40. The van der Waals surface area contributed by atoms with Gasteiger partial charge in [-0.05, 0) is 18.8 Å². The van der Waals surface area contributed by atoms with Crippen molar-refractivity contribution in [3.05, 3.63) is 0 Å². The Morgan fingerprint density at radius 2 is 0.674 bits per heavy atom. The molecule has 0 spiro atoms. The number of unbranched alkanes of at least 4 members (excludes halogenated alkanes) is 31. The third kappa shape index (κ3) is 37.9. The lowest BCUT2D eigenvalue weighted by molar-refractivity contribution is -0.143. The van der Waals surface area contributed by atoms with Crippen LogP contribution in [-0.4, -0.2) is 12.6 Å². The first kappa shape index (κ1) is 45.5. The normalized spacial score (nSPS) is 12.2. The minimum absolute atomic E-state index is 0.0308. The second-order valence-electron chi connectivity index (χ2n) is 15.1. The largest absolute Gasteiger partial charge is 0.466 e. The van der Waals surface area contributed by atoms with E-state index in [0.29, 0.717) is 13.0 Å². The maximum absolute atomic E-state index is 12.0. The standard InChI is InChI=1S/C44H88O2/c1-4-7-9-10-11-12-13-14-18-22-25-28-31-34-37-41-44(45)46-42-38-35-32-29-26-23-20-17-15-16-19-21-24-27-30-33-36-40-43(6-3)39-8-5-2/h43H,4-42H2,1-3H3. The van der Waals surface area contributed by atoms with Crippen LogP contribution in [0.4, 0.5) is 0 Å². The number of ether oxygens (including phenoxy) is 1. The minimum Gasteiger partial charge on any atom is -0.466 e. The Labute approximate surface area is 292 Å². The van der Waals surface area contributed by atoms with Gasteiger partial charge in [-0.1, -0.05) is 245 Å². The van der Waals surface area contributed by atoms with Crippen molar-refractivity contribution in [2.75, 3.05) is 6.61 Å². The molecular formula is C44H88O2. The van der Waals surface area contributed by atoms with E-state index >= 15 is 0 Å². The molecule has 0 aliphatic carbocycles. The molecular weight excluding hydrogens is 560 g/mol. The van der Waals surface area contributed by atoms with Gasteiger partial charge in [-0.3, -0.25) is 4.79 Å². The highest BCUT2D eigenvalue weighted by molar-refractivity contribution is 5.69. The molecule has 0 aliphatic heterocycles. The molecule has 0 N–H and O–H groups in total. The molecule has 0 radical (unpaired) electrons. The molecule has 1 atom stereocenters. The van der Waals surface area contributed by atoms with Crippen LogP contribution < -0.4 is 0 Å². The molecule has 0 aromatic carbocycles. The van der Waals surface area contributed by atoms with E-state index in [9.17, 15) is 4.79 Å². The van der Waals surface area contributed by atoms with Crippen LogP contribution in [0.25, 0.3) is 0 Å². The van der Waals surface area contributed by atoms with Crippen molar-refractivity contribution >= 4 is 5.97 Å². The van der Waals surface area contributed by atoms with Gasteiger partial charge in [0.05, 0.1) is 6.61 Å². The molecule has 2 nitrogen and oxygen atoms in total. The van der Waals surface area contributed by atoms with Gasteiger partial charge in [0.15, 0.2) is 0 Å². The molecule has 0 heterocycles. The number of carbonyl (C=O) groups is 1. The van der Waals surface area contributed by atoms with E-state index in [1.807, 2.05) is 0 Å². The van der Waals surface area contributed by atoms with Crippen LogP contribution >= 0.6 is 0 Å². The first-order valence-corrected chi connectivity index (χ1v) is 21.9. The van der Waals surface area contributed by atoms with Gasteiger partial charge in [0.25, 0.3) is 0 Å². The monoisotopic (exact) mass is 649 g/mol. The van der Waals surface area contributed by atoms with Crippen LogP contribution in [0, 0.1) is 5.92 Å². The van der Waals surface area contributed by atoms with E-state index in [1.165, 1.54) is 225 Å². The molecule has 1 unspecified atom stereocenters. The number of hydrogen-bond acceptors (Lipinski definition) is 2. The van der Waals surface area contributed by atoms with Crippen molar-refractivity contribution in [2.45, 2.75) is 265 Å². The summed E-state index contributed by atoms with van der Waals surface area (Å²) >= 11 is 0. The fourth-order valence-corrected chi connectivity index (χ4v) is 7.13. The summed E-state index contributed by atoms with van der Waals surface area (Å²) < 4.78 is 5.47. The SMILES string of the molecule is CCCCCCCCCCCCCCCCCC(=O)OCCCCCCCCCCCCCCCCCCCC(CC)CCCC. The fourth-order valence-electron chi connectivity index (χ4n) is 7.13. The Kier molecular flexibility index (Phi) is 40.2. The van der Waals surface area contributed by atoms with Crippen LogP contribution in [0.5, 0.6) is 0 Å². The molecule has 0 saturated heterocycles. The van der Waals surface area contributed by atoms with Crippen molar-refractivity contribution in [1.29, 1.82) is 0 Å². The summed E-state index contributed by atoms with van der Waals surface area (Å²) in [6.45, 7) is 7.63. The average molecular weight is 649 g/mol. The van der Waals surface area contributed by atoms with E-state index in [4.69, 9.17) is 4.74 Å². The zero-order chi connectivity index (χ0) is 33.4. The number of carbonyl (C=O) groups excluding carboxylic acids is 1. The Bertz CT molecular complexity index is 558. The first-order valence-electron chi connectivity index (χ1n) is 21.9. The quantitative estimate of drug-likeness (QED) is 0.0488. The Balaban J connectivity index is 3.19. The summed E-state index contributed by atoms with van der Waals surface area (Å²) in [7, 11) is 0. The third-order valence-electron chi connectivity index (χ3n) is 10.5. The molecule has 0 aliphatic rings. The van der Waals surface area contributed by atoms with E-state index in [-0.39, 0.29) is 5.97 Å². The highest BCUT2D eigenvalue weighted by atomic mass is 16.5. The highest BCUT2D eigenvalue weighted by Crippen LogP contribution is 2.21. The summed E-state index contributed by atoms with van der Waals surface area (Å²) in [4.78, 5) is 12.0. The Hall–Kier alpha value is -0.530. The van der Waals surface area contributed by atoms with E-state index in [0.717, 1.165) is 18.8 Å². The highest BCUT2D eigenvalue weighted by Gasteiger charge is 2.05. The second kappa shape index (κ2) is 40.6. The summed E-state index contributed by atoms with van der Waals surface area (Å²) in [5, 5.41) is 0. The Morgan fingerprint density at radius 1 is 0.370 bits per heavy atom. The molecule has 46 heavy (non-hydrogen) atoms.